The fraction of sp³-hybridized carbons (Fsp3) is 0.154. The van der Waals surface area contributed by atoms with Crippen LogP contribution in [0, 0.1) is 11.8 Å². The third-order valence-electron chi connectivity index (χ3n) is 2.32. The van der Waals surface area contributed by atoms with Gasteiger partial charge in [0, 0.05) is 36.3 Å². The Balaban J connectivity index is 2.02. The summed E-state index contributed by atoms with van der Waals surface area (Å²) in [7, 11) is 0. The number of amides is 1. The van der Waals surface area contributed by atoms with Gasteiger partial charge in [0.1, 0.15) is 6.61 Å². The Morgan fingerprint density at radius 3 is 3.05 bits per heavy atom. The van der Waals surface area contributed by atoms with E-state index in [2.05, 4.69) is 32.3 Å². The van der Waals surface area contributed by atoms with E-state index in [1.807, 2.05) is 0 Å². The molecule has 0 saturated carbocycles. The first-order valence-corrected chi connectivity index (χ1v) is 5.60. The second kappa shape index (κ2) is 6.33. The topological polar surface area (TPSA) is 90.9 Å². The Hall–Kier alpha value is -2.65. The summed E-state index contributed by atoms with van der Waals surface area (Å²) < 4.78 is 0. The number of aromatic nitrogens is 3. The van der Waals surface area contributed by atoms with E-state index in [1.54, 1.807) is 18.5 Å². The van der Waals surface area contributed by atoms with Crippen molar-refractivity contribution in [1.29, 1.82) is 0 Å². The number of carbonyl (C=O) groups excluding carboxylic acids is 1. The van der Waals surface area contributed by atoms with Crippen molar-refractivity contribution in [2.75, 3.05) is 6.61 Å². The summed E-state index contributed by atoms with van der Waals surface area (Å²) in [6, 6.07) is 1.63. The summed E-state index contributed by atoms with van der Waals surface area (Å²) in [6.07, 6.45) is 6.35. The van der Waals surface area contributed by atoms with Gasteiger partial charge >= 0.3 is 0 Å². The van der Waals surface area contributed by atoms with Crippen LogP contribution in [0.4, 0.5) is 0 Å². The highest BCUT2D eigenvalue weighted by Gasteiger charge is 2.06. The molecule has 6 heteroatoms. The van der Waals surface area contributed by atoms with E-state index in [9.17, 15) is 4.79 Å². The van der Waals surface area contributed by atoms with E-state index in [4.69, 9.17) is 5.11 Å². The maximum atomic E-state index is 11.9. The van der Waals surface area contributed by atoms with Crippen LogP contribution in [-0.4, -0.2) is 32.8 Å². The van der Waals surface area contributed by atoms with Crippen molar-refractivity contribution in [3.8, 4) is 11.8 Å². The van der Waals surface area contributed by atoms with E-state index in [0.29, 0.717) is 17.7 Å². The molecule has 0 aliphatic rings. The number of hydrogen-bond acceptors (Lipinski definition) is 4. The Labute approximate surface area is 109 Å². The SMILES string of the molecule is O=C(NCc1cn[nH]c1)c1cncc(C#CCO)c1. The molecule has 2 aromatic rings. The number of H-pyrrole nitrogens is 1. The van der Waals surface area contributed by atoms with E-state index in [0.717, 1.165) is 5.56 Å². The fourth-order valence-corrected chi connectivity index (χ4v) is 1.43. The molecule has 1 amide bonds. The largest absolute Gasteiger partial charge is 0.384 e. The highest BCUT2D eigenvalue weighted by atomic mass is 16.2. The minimum Gasteiger partial charge on any atom is -0.384 e. The maximum Gasteiger partial charge on any atom is 0.253 e. The van der Waals surface area contributed by atoms with Crippen molar-refractivity contribution in [1.82, 2.24) is 20.5 Å². The van der Waals surface area contributed by atoms with E-state index >= 15 is 0 Å². The molecule has 2 heterocycles. The molecule has 96 valence electrons. The van der Waals surface area contributed by atoms with Crippen molar-refractivity contribution >= 4 is 5.91 Å². The van der Waals surface area contributed by atoms with Gasteiger partial charge in [-0.25, -0.2) is 0 Å². The van der Waals surface area contributed by atoms with Crippen molar-refractivity contribution in [3.63, 3.8) is 0 Å². The van der Waals surface area contributed by atoms with Crippen LogP contribution in [0.3, 0.4) is 0 Å². The molecule has 3 N–H and O–H groups in total. The van der Waals surface area contributed by atoms with Crippen molar-refractivity contribution in [2.45, 2.75) is 6.54 Å². The van der Waals surface area contributed by atoms with Gasteiger partial charge in [0.2, 0.25) is 0 Å². The smallest absolute Gasteiger partial charge is 0.253 e. The molecule has 0 fully saturated rings. The molecule has 2 rings (SSSR count). The number of pyridine rings is 1. The molecule has 6 nitrogen and oxygen atoms in total. The predicted octanol–water partition coefficient (Wildman–Crippen LogP) is 0.0785. The molecular weight excluding hydrogens is 244 g/mol. The number of aromatic amines is 1. The first-order chi connectivity index (χ1) is 9.29. The highest BCUT2D eigenvalue weighted by molar-refractivity contribution is 5.94. The van der Waals surface area contributed by atoms with Crippen molar-refractivity contribution in [2.24, 2.45) is 0 Å². The summed E-state index contributed by atoms with van der Waals surface area (Å²) >= 11 is 0. The van der Waals surface area contributed by atoms with Gasteiger partial charge in [0.05, 0.1) is 11.8 Å². The number of rotatable bonds is 3. The van der Waals surface area contributed by atoms with Crippen molar-refractivity contribution in [3.05, 3.63) is 47.5 Å². The summed E-state index contributed by atoms with van der Waals surface area (Å²) in [5, 5.41) is 17.8. The number of nitrogens with one attached hydrogen (secondary N) is 2. The Kier molecular flexibility index (Phi) is 4.26. The van der Waals surface area contributed by atoms with Crippen LogP contribution in [0.25, 0.3) is 0 Å². The van der Waals surface area contributed by atoms with Crippen LogP contribution in [0.15, 0.2) is 30.9 Å². The lowest BCUT2D eigenvalue weighted by atomic mass is 10.2. The average Bonchev–Trinajstić information content (AvgIpc) is 2.96. The summed E-state index contributed by atoms with van der Waals surface area (Å²) in [5.74, 6) is 4.97. The minimum absolute atomic E-state index is 0.225. The molecule has 0 aliphatic heterocycles. The molecule has 0 atom stereocenters. The van der Waals surface area contributed by atoms with Crippen LogP contribution in [-0.2, 0) is 6.54 Å². The number of aliphatic hydroxyl groups is 1. The van der Waals surface area contributed by atoms with Gasteiger partial charge in [-0.05, 0) is 6.07 Å². The predicted molar refractivity (Wildman–Crippen MR) is 68.0 cm³/mol. The van der Waals surface area contributed by atoms with Crippen LogP contribution in [0.2, 0.25) is 0 Å². The van der Waals surface area contributed by atoms with Gasteiger partial charge < -0.3 is 10.4 Å². The van der Waals surface area contributed by atoms with Gasteiger partial charge in [-0.15, -0.1) is 0 Å². The van der Waals surface area contributed by atoms with E-state index < -0.39 is 0 Å². The second-order valence-corrected chi connectivity index (χ2v) is 3.71. The number of hydrogen-bond donors (Lipinski definition) is 3. The number of aliphatic hydroxyl groups excluding tert-OH is 1. The molecule has 0 aliphatic carbocycles. The lowest BCUT2D eigenvalue weighted by molar-refractivity contribution is 0.0950. The summed E-state index contributed by atoms with van der Waals surface area (Å²) in [6.45, 7) is 0.165. The van der Waals surface area contributed by atoms with Gasteiger partial charge in [-0.3, -0.25) is 14.9 Å². The average molecular weight is 256 g/mol. The van der Waals surface area contributed by atoms with Gasteiger partial charge in [0.15, 0.2) is 0 Å². The molecule has 0 spiro atoms. The van der Waals surface area contributed by atoms with Gasteiger partial charge in [0.25, 0.3) is 5.91 Å². The summed E-state index contributed by atoms with van der Waals surface area (Å²) in [4.78, 5) is 15.8. The number of nitrogens with zero attached hydrogens (tertiary/aromatic N) is 2. The Morgan fingerprint density at radius 2 is 2.32 bits per heavy atom. The summed E-state index contributed by atoms with van der Waals surface area (Å²) in [5.41, 5.74) is 1.90. The quantitative estimate of drug-likeness (QED) is 0.678. The molecule has 0 bridgehead atoms. The van der Waals surface area contributed by atoms with Crippen LogP contribution >= 0.6 is 0 Å². The Morgan fingerprint density at radius 1 is 1.42 bits per heavy atom. The lowest BCUT2D eigenvalue weighted by Crippen LogP contribution is -2.22. The van der Waals surface area contributed by atoms with Crippen LogP contribution < -0.4 is 5.32 Å². The van der Waals surface area contributed by atoms with Crippen LogP contribution in [0.5, 0.6) is 0 Å². The molecule has 0 radical (unpaired) electrons. The highest BCUT2D eigenvalue weighted by Crippen LogP contribution is 2.02. The monoisotopic (exact) mass is 256 g/mol. The zero-order valence-electron chi connectivity index (χ0n) is 10.1. The molecule has 2 aromatic heterocycles. The van der Waals surface area contributed by atoms with Crippen LogP contribution in [0.1, 0.15) is 21.5 Å². The first-order valence-electron chi connectivity index (χ1n) is 5.60. The van der Waals surface area contributed by atoms with Crippen molar-refractivity contribution < 1.29 is 9.90 Å². The lowest BCUT2D eigenvalue weighted by Gasteiger charge is -2.03. The Bertz CT molecular complexity index is 611. The minimum atomic E-state index is -0.235. The molecule has 19 heavy (non-hydrogen) atoms. The zero-order chi connectivity index (χ0) is 13.5. The molecule has 0 aromatic carbocycles. The van der Waals surface area contributed by atoms with Gasteiger partial charge in [-0.2, -0.15) is 5.10 Å². The molecule has 0 unspecified atom stereocenters. The second-order valence-electron chi connectivity index (χ2n) is 3.71. The maximum absolute atomic E-state index is 11.9. The van der Waals surface area contributed by atoms with E-state index in [1.165, 1.54) is 12.4 Å². The molecular formula is C13H12N4O2. The van der Waals surface area contributed by atoms with E-state index in [-0.39, 0.29) is 12.5 Å². The third-order valence-corrected chi connectivity index (χ3v) is 2.32. The zero-order valence-corrected chi connectivity index (χ0v) is 10.1. The number of carbonyl (C=O) groups is 1. The first kappa shape index (κ1) is 12.8. The van der Waals surface area contributed by atoms with Gasteiger partial charge in [-0.1, -0.05) is 11.8 Å². The normalized spacial score (nSPS) is 9.53. The fourth-order valence-electron chi connectivity index (χ4n) is 1.43. The third kappa shape index (κ3) is 3.66. The molecule has 0 saturated heterocycles. The standard InChI is InChI=1S/C13H12N4O2/c18-3-1-2-10-4-12(9-14-5-10)13(19)15-6-11-7-16-17-8-11/h4-5,7-9,18H,3,6H2,(H,15,19)(H,16,17).